The highest BCUT2D eigenvalue weighted by Crippen LogP contribution is 2.24. The maximum Gasteiger partial charge on any atom is 0.333 e. The van der Waals surface area contributed by atoms with Crippen molar-refractivity contribution in [3.63, 3.8) is 0 Å². The van der Waals surface area contributed by atoms with E-state index in [1.165, 1.54) is 0 Å². The second-order valence-electron chi connectivity index (χ2n) is 5.00. The highest BCUT2D eigenvalue weighted by Gasteiger charge is 2.27. The molecule has 2 heteroatoms. The molecule has 0 aromatic heterocycles. The van der Waals surface area contributed by atoms with Crippen LogP contribution in [0.4, 0.5) is 0 Å². The summed E-state index contributed by atoms with van der Waals surface area (Å²) >= 11 is 0. The number of ether oxygens (including phenoxy) is 1. The van der Waals surface area contributed by atoms with E-state index in [0.717, 1.165) is 0 Å². The standard InChI is InChI=1S/C13H24O2/c1-8(2)11(7)12(9(3)4)15-13(14)10(5)6/h8-9,11-12H,5H2,1-4,6-7H3. The smallest absolute Gasteiger partial charge is 0.333 e. The summed E-state index contributed by atoms with van der Waals surface area (Å²) in [5.41, 5.74) is 0.469. The average molecular weight is 212 g/mol. The van der Waals surface area contributed by atoms with Crippen molar-refractivity contribution in [2.24, 2.45) is 17.8 Å². The molecule has 15 heavy (non-hydrogen) atoms. The van der Waals surface area contributed by atoms with Crippen molar-refractivity contribution in [2.75, 3.05) is 0 Å². The van der Waals surface area contributed by atoms with Crippen LogP contribution in [0.5, 0.6) is 0 Å². The number of rotatable bonds is 5. The van der Waals surface area contributed by atoms with Crippen molar-refractivity contribution in [3.05, 3.63) is 12.2 Å². The van der Waals surface area contributed by atoms with Gasteiger partial charge in [0.1, 0.15) is 6.10 Å². The van der Waals surface area contributed by atoms with Crippen molar-refractivity contribution >= 4 is 5.97 Å². The second-order valence-corrected chi connectivity index (χ2v) is 5.00. The third-order valence-electron chi connectivity index (χ3n) is 2.82. The lowest BCUT2D eigenvalue weighted by atomic mass is 9.86. The molecule has 0 aromatic carbocycles. The second kappa shape index (κ2) is 5.94. The van der Waals surface area contributed by atoms with Crippen LogP contribution in [-0.2, 0) is 9.53 Å². The van der Waals surface area contributed by atoms with E-state index in [1.54, 1.807) is 6.92 Å². The number of hydrogen-bond donors (Lipinski definition) is 0. The fraction of sp³-hybridized carbons (Fsp3) is 0.769. The molecule has 0 aliphatic heterocycles. The van der Waals surface area contributed by atoms with Gasteiger partial charge in [-0.25, -0.2) is 4.79 Å². The molecular weight excluding hydrogens is 188 g/mol. The van der Waals surface area contributed by atoms with Gasteiger partial charge in [-0.15, -0.1) is 0 Å². The molecule has 0 heterocycles. The first-order valence-corrected chi connectivity index (χ1v) is 5.63. The van der Waals surface area contributed by atoms with Crippen molar-refractivity contribution in [2.45, 2.75) is 47.6 Å². The minimum absolute atomic E-state index is 0.0193. The van der Waals surface area contributed by atoms with Crippen LogP contribution >= 0.6 is 0 Å². The zero-order valence-corrected chi connectivity index (χ0v) is 10.8. The van der Waals surface area contributed by atoms with Crippen molar-refractivity contribution in [1.29, 1.82) is 0 Å². The van der Waals surface area contributed by atoms with Gasteiger partial charge >= 0.3 is 5.97 Å². The molecule has 2 unspecified atom stereocenters. The predicted molar refractivity (Wildman–Crippen MR) is 63.5 cm³/mol. The Morgan fingerprint density at radius 1 is 1.07 bits per heavy atom. The van der Waals surface area contributed by atoms with Crippen LogP contribution in [0.25, 0.3) is 0 Å². The summed E-state index contributed by atoms with van der Waals surface area (Å²) in [6, 6.07) is 0. The van der Waals surface area contributed by atoms with Crippen LogP contribution in [0.2, 0.25) is 0 Å². The normalized spacial score (nSPS) is 15.2. The Labute approximate surface area is 93.7 Å². The molecule has 0 spiro atoms. The fourth-order valence-corrected chi connectivity index (χ4v) is 1.45. The lowest BCUT2D eigenvalue weighted by Gasteiger charge is -2.29. The van der Waals surface area contributed by atoms with E-state index in [-0.39, 0.29) is 12.1 Å². The van der Waals surface area contributed by atoms with Gasteiger partial charge < -0.3 is 4.74 Å². The van der Waals surface area contributed by atoms with Crippen LogP contribution in [0.1, 0.15) is 41.5 Å². The Balaban J connectivity index is 4.55. The molecule has 0 N–H and O–H groups in total. The lowest BCUT2D eigenvalue weighted by Crippen LogP contribution is -2.33. The Morgan fingerprint density at radius 2 is 1.53 bits per heavy atom. The average Bonchev–Trinajstić information content (AvgIpc) is 2.11. The molecule has 0 aliphatic rings. The third kappa shape index (κ3) is 4.50. The molecule has 0 fully saturated rings. The number of esters is 1. The highest BCUT2D eigenvalue weighted by atomic mass is 16.5. The first kappa shape index (κ1) is 14.2. The summed E-state index contributed by atoms with van der Waals surface area (Å²) in [7, 11) is 0. The van der Waals surface area contributed by atoms with E-state index in [1.807, 2.05) is 0 Å². The molecule has 0 radical (unpaired) electrons. The minimum atomic E-state index is -0.277. The van der Waals surface area contributed by atoms with Crippen LogP contribution in [0, 0.1) is 17.8 Å². The number of carbonyl (C=O) groups is 1. The molecular formula is C13H24O2. The van der Waals surface area contributed by atoms with E-state index >= 15 is 0 Å². The van der Waals surface area contributed by atoms with Gasteiger partial charge in [0, 0.05) is 5.57 Å². The summed E-state index contributed by atoms with van der Waals surface area (Å²) in [5, 5.41) is 0. The quantitative estimate of drug-likeness (QED) is 0.515. The van der Waals surface area contributed by atoms with Gasteiger partial charge in [0.05, 0.1) is 0 Å². The topological polar surface area (TPSA) is 26.3 Å². The van der Waals surface area contributed by atoms with E-state index < -0.39 is 0 Å². The molecule has 0 aliphatic carbocycles. The Hall–Kier alpha value is -0.790. The van der Waals surface area contributed by atoms with Crippen molar-refractivity contribution < 1.29 is 9.53 Å². The lowest BCUT2D eigenvalue weighted by molar-refractivity contribution is -0.150. The predicted octanol–water partition coefficient (Wildman–Crippen LogP) is 3.42. The SMILES string of the molecule is C=C(C)C(=O)OC(C(C)C)C(C)C(C)C. The summed E-state index contributed by atoms with van der Waals surface area (Å²) in [6.45, 7) is 15.9. The van der Waals surface area contributed by atoms with E-state index in [2.05, 4.69) is 41.2 Å². The van der Waals surface area contributed by atoms with Crippen molar-refractivity contribution in [3.8, 4) is 0 Å². The zero-order valence-electron chi connectivity index (χ0n) is 10.8. The maximum absolute atomic E-state index is 11.5. The van der Waals surface area contributed by atoms with Gasteiger partial charge in [-0.05, 0) is 24.7 Å². The van der Waals surface area contributed by atoms with Gasteiger partial charge in [0.15, 0.2) is 0 Å². The van der Waals surface area contributed by atoms with E-state index in [0.29, 0.717) is 23.3 Å². The Morgan fingerprint density at radius 3 is 1.80 bits per heavy atom. The van der Waals surface area contributed by atoms with E-state index in [4.69, 9.17) is 4.74 Å². The van der Waals surface area contributed by atoms with Crippen LogP contribution in [-0.4, -0.2) is 12.1 Å². The van der Waals surface area contributed by atoms with Crippen LogP contribution in [0.3, 0.4) is 0 Å². The summed E-state index contributed by atoms with van der Waals surface area (Å²) < 4.78 is 5.46. The van der Waals surface area contributed by atoms with Gasteiger partial charge in [0.2, 0.25) is 0 Å². The fourth-order valence-electron chi connectivity index (χ4n) is 1.45. The molecule has 0 amide bonds. The maximum atomic E-state index is 11.5. The molecule has 0 bridgehead atoms. The number of hydrogen-bond acceptors (Lipinski definition) is 2. The van der Waals surface area contributed by atoms with Gasteiger partial charge in [-0.3, -0.25) is 0 Å². The summed E-state index contributed by atoms with van der Waals surface area (Å²) in [4.78, 5) is 11.5. The van der Waals surface area contributed by atoms with Crippen LogP contribution < -0.4 is 0 Å². The summed E-state index contributed by atoms with van der Waals surface area (Å²) in [6.07, 6.45) is -0.0193. The first-order valence-electron chi connectivity index (χ1n) is 5.63. The van der Waals surface area contributed by atoms with Gasteiger partial charge in [-0.1, -0.05) is 41.2 Å². The Bertz CT molecular complexity index is 229. The Kier molecular flexibility index (Phi) is 5.63. The largest absolute Gasteiger partial charge is 0.458 e. The molecule has 0 aromatic rings. The highest BCUT2D eigenvalue weighted by molar-refractivity contribution is 5.87. The number of carbonyl (C=O) groups excluding carboxylic acids is 1. The van der Waals surface area contributed by atoms with E-state index in [9.17, 15) is 4.79 Å². The molecule has 2 nitrogen and oxygen atoms in total. The molecule has 0 rings (SSSR count). The molecule has 0 saturated heterocycles. The third-order valence-corrected chi connectivity index (χ3v) is 2.82. The monoisotopic (exact) mass is 212 g/mol. The zero-order chi connectivity index (χ0) is 12.2. The minimum Gasteiger partial charge on any atom is -0.458 e. The first-order chi connectivity index (χ1) is 6.77. The molecule has 0 saturated carbocycles. The van der Waals surface area contributed by atoms with Gasteiger partial charge in [0.25, 0.3) is 0 Å². The molecule has 88 valence electrons. The van der Waals surface area contributed by atoms with Crippen LogP contribution in [0.15, 0.2) is 12.2 Å². The van der Waals surface area contributed by atoms with Gasteiger partial charge in [-0.2, -0.15) is 0 Å². The van der Waals surface area contributed by atoms with Crippen molar-refractivity contribution in [1.82, 2.24) is 0 Å². The summed E-state index contributed by atoms with van der Waals surface area (Å²) in [5.74, 6) is 0.940. The molecule has 2 atom stereocenters.